The third-order valence-electron chi connectivity index (χ3n) is 5.36. The molecule has 0 radical (unpaired) electrons. The van der Waals surface area contributed by atoms with Crippen molar-refractivity contribution in [1.29, 1.82) is 0 Å². The molecule has 7 nitrogen and oxygen atoms in total. The predicted molar refractivity (Wildman–Crippen MR) is 129 cm³/mol. The molecule has 1 aromatic carbocycles. The Balaban J connectivity index is 0.00000420. The molecule has 0 aromatic heterocycles. The molecule has 0 atom stereocenters. The second-order valence-electron chi connectivity index (χ2n) is 7.63. The van der Waals surface area contributed by atoms with Gasteiger partial charge in [0, 0.05) is 31.2 Å². The minimum atomic E-state index is 0. The zero-order chi connectivity index (χ0) is 20.6. The second-order valence-corrected chi connectivity index (χ2v) is 7.63. The van der Waals surface area contributed by atoms with Crippen LogP contribution >= 0.6 is 24.0 Å². The lowest BCUT2D eigenvalue weighted by Gasteiger charge is -2.41. The van der Waals surface area contributed by atoms with E-state index in [0.29, 0.717) is 23.8 Å². The molecule has 166 valence electrons. The number of guanidine groups is 1. The molecule has 1 aliphatic heterocycles. The van der Waals surface area contributed by atoms with E-state index < -0.39 is 0 Å². The first kappa shape index (κ1) is 25.6. The Morgan fingerprint density at radius 2 is 1.66 bits per heavy atom. The van der Waals surface area contributed by atoms with Gasteiger partial charge in [-0.3, -0.25) is 9.89 Å². The normalized spacial score (nSPS) is 15.3. The summed E-state index contributed by atoms with van der Waals surface area (Å²) >= 11 is 0. The number of methoxy groups -OCH3 is 3. The molecule has 0 bridgehead atoms. The predicted octanol–water partition coefficient (Wildman–Crippen LogP) is 3.26. The number of hydrogen-bond acceptors (Lipinski definition) is 5. The van der Waals surface area contributed by atoms with Gasteiger partial charge in [0.15, 0.2) is 17.5 Å². The molecule has 8 heteroatoms. The summed E-state index contributed by atoms with van der Waals surface area (Å²) in [5.41, 5.74) is 1.05. The third-order valence-corrected chi connectivity index (χ3v) is 5.36. The van der Waals surface area contributed by atoms with Crippen molar-refractivity contribution in [3.63, 3.8) is 0 Å². The topological polar surface area (TPSA) is 67.4 Å². The van der Waals surface area contributed by atoms with Crippen molar-refractivity contribution in [2.45, 2.75) is 45.2 Å². The van der Waals surface area contributed by atoms with Crippen LogP contribution in [0, 0.1) is 0 Å². The van der Waals surface area contributed by atoms with Crippen molar-refractivity contribution in [3.05, 3.63) is 17.7 Å². The molecule has 1 heterocycles. The van der Waals surface area contributed by atoms with Gasteiger partial charge in [-0.2, -0.15) is 0 Å². The molecule has 0 aliphatic carbocycles. The van der Waals surface area contributed by atoms with E-state index in [1.165, 1.54) is 32.4 Å². The molecule has 1 saturated heterocycles. The Morgan fingerprint density at radius 3 is 2.21 bits per heavy atom. The molecule has 0 amide bonds. The number of hydrogen-bond donors (Lipinski definition) is 2. The molecule has 1 aromatic rings. The number of nitrogens with one attached hydrogen (secondary N) is 2. The maximum absolute atomic E-state index is 5.56. The zero-order valence-corrected chi connectivity index (χ0v) is 21.0. The summed E-state index contributed by atoms with van der Waals surface area (Å²) < 4.78 is 16.4. The number of piperidine rings is 1. The maximum atomic E-state index is 5.56. The summed E-state index contributed by atoms with van der Waals surface area (Å²) in [6.07, 6.45) is 3.92. The van der Waals surface area contributed by atoms with E-state index in [1.807, 2.05) is 12.1 Å². The quantitative estimate of drug-likeness (QED) is 0.312. The van der Waals surface area contributed by atoms with E-state index in [9.17, 15) is 0 Å². The van der Waals surface area contributed by atoms with Crippen LogP contribution in [0.4, 0.5) is 0 Å². The molecule has 1 fully saturated rings. The Hall–Kier alpha value is -1.42. The van der Waals surface area contributed by atoms with Crippen LogP contribution in [0.1, 0.15) is 38.7 Å². The monoisotopic (exact) mass is 520 g/mol. The van der Waals surface area contributed by atoms with Gasteiger partial charge in [0.05, 0.1) is 21.3 Å². The van der Waals surface area contributed by atoms with Gasteiger partial charge < -0.3 is 24.8 Å². The lowest BCUT2D eigenvalue weighted by atomic mass is 9.98. The molecular formula is C21H37IN4O3. The van der Waals surface area contributed by atoms with Gasteiger partial charge in [-0.05, 0) is 51.9 Å². The number of ether oxygens (including phenoxy) is 3. The molecule has 0 spiro atoms. The third kappa shape index (κ3) is 6.80. The van der Waals surface area contributed by atoms with E-state index in [-0.39, 0.29) is 29.5 Å². The van der Waals surface area contributed by atoms with Gasteiger partial charge in [0.2, 0.25) is 5.75 Å². The van der Waals surface area contributed by atoms with Crippen LogP contribution in [0.3, 0.4) is 0 Å². The van der Waals surface area contributed by atoms with E-state index >= 15 is 0 Å². The highest BCUT2D eigenvalue weighted by Gasteiger charge is 2.28. The van der Waals surface area contributed by atoms with Crippen molar-refractivity contribution in [2.24, 2.45) is 4.99 Å². The molecular weight excluding hydrogens is 483 g/mol. The number of nitrogens with zero attached hydrogens (tertiary/aromatic N) is 2. The summed E-state index contributed by atoms with van der Waals surface area (Å²) in [7, 11) is 6.65. The van der Waals surface area contributed by atoms with E-state index in [2.05, 4.69) is 34.4 Å². The minimum Gasteiger partial charge on any atom is -0.493 e. The maximum Gasteiger partial charge on any atom is 0.203 e. The van der Waals surface area contributed by atoms with E-state index in [4.69, 9.17) is 14.2 Å². The fraction of sp³-hybridized carbons (Fsp3) is 0.667. The highest BCUT2D eigenvalue weighted by Crippen LogP contribution is 2.39. The van der Waals surface area contributed by atoms with Crippen LogP contribution in [0.5, 0.6) is 17.2 Å². The number of aliphatic imine (C=N–C) groups is 1. The standard InChI is InChI=1S/C21H36N4O3.HI/c1-21(2,25-12-8-7-9-13-25)15-24-20(22-3)23-14-16-10-11-17(26-4)19(28-6)18(16)27-5;/h10-11H,7-9,12-15H2,1-6H3,(H2,22,23,24);1H. The number of halogens is 1. The van der Waals surface area contributed by atoms with E-state index in [0.717, 1.165) is 18.1 Å². The highest BCUT2D eigenvalue weighted by atomic mass is 127. The Bertz CT molecular complexity index is 662. The van der Waals surface area contributed by atoms with Crippen LogP contribution in [-0.2, 0) is 6.54 Å². The Morgan fingerprint density at radius 1 is 1.00 bits per heavy atom. The number of likely N-dealkylation sites (tertiary alicyclic amines) is 1. The van der Waals surface area contributed by atoms with E-state index in [1.54, 1.807) is 28.4 Å². The largest absolute Gasteiger partial charge is 0.493 e. The lowest BCUT2D eigenvalue weighted by molar-refractivity contribution is 0.0982. The Kier molecular flexibility index (Phi) is 10.9. The lowest BCUT2D eigenvalue weighted by Crippen LogP contribution is -2.54. The summed E-state index contributed by atoms with van der Waals surface area (Å²) in [5.74, 6) is 2.67. The van der Waals surface area contributed by atoms with Crippen molar-refractivity contribution in [2.75, 3.05) is 48.0 Å². The molecule has 0 saturated carbocycles. The molecule has 0 unspecified atom stereocenters. The first-order valence-corrected chi connectivity index (χ1v) is 9.94. The second kappa shape index (κ2) is 12.3. The van der Waals surface area contributed by atoms with Crippen LogP contribution in [0.25, 0.3) is 0 Å². The summed E-state index contributed by atoms with van der Waals surface area (Å²) in [5, 5.41) is 6.84. The van der Waals surface area contributed by atoms with Crippen LogP contribution in [0.15, 0.2) is 17.1 Å². The fourth-order valence-corrected chi connectivity index (χ4v) is 3.61. The number of benzene rings is 1. The van der Waals surface area contributed by atoms with Gasteiger partial charge in [-0.15, -0.1) is 24.0 Å². The van der Waals surface area contributed by atoms with Gasteiger partial charge in [0.25, 0.3) is 0 Å². The molecule has 2 rings (SSSR count). The molecule has 2 N–H and O–H groups in total. The molecule has 29 heavy (non-hydrogen) atoms. The first-order valence-electron chi connectivity index (χ1n) is 9.94. The van der Waals surface area contributed by atoms with Crippen molar-refractivity contribution < 1.29 is 14.2 Å². The summed E-state index contributed by atoms with van der Waals surface area (Å²) in [4.78, 5) is 6.93. The van der Waals surface area contributed by atoms with Crippen LogP contribution < -0.4 is 24.8 Å². The smallest absolute Gasteiger partial charge is 0.203 e. The highest BCUT2D eigenvalue weighted by molar-refractivity contribution is 14.0. The SMILES string of the molecule is CN=C(NCc1ccc(OC)c(OC)c1OC)NCC(C)(C)N1CCCCC1.I. The van der Waals surface area contributed by atoms with Crippen LogP contribution in [-0.4, -0.2) is 64.4 Å². The van der Waals surface area contributed by atoms with Gasteiger partial charge in [0.1, 0.15) is 0 Å². The van der Waals surface area contributed by atoms with Gasteiger partial charge in [-0.25, -0.2) is 0 Å². The number of rotatable bonds is 8. The average molecular weight is 520 g/mol. The van der Waals surface area contributed by atoms with Crippen LogP contribution in [0.2, 0.25) is 0 Å². The first-order chi connectivity index (χ1) is 13.5. The van der Waals surface area contributed by atoms with Crippen molar-refractivity contribution >= 4 is 29.9 Å². The Labute approximate surface area is 192 Å². The summed E-state index contributed by atoms with van der Waals surface area (Å²) in [6.45, 7) is 8.31. The zero-order valence-electron chi connectivity index (χ0n) is 18.6. The van der Waals surface area contributed by atoms with Gasteiger partial charge >= 0.3 is 0 Å². The fourth-order valence-electron chi connectivity index (χ4n) is 3.61. The minimum absolute atomic E-state index is 0. The van der Waals surface area contributed by atoms with Crippen molar-refractivity contribution in [1.82, 2.24) is 15.5 Å². The molecule has 1 aliphatic rings. The summed E-state index contributed by atoms with van der Waals surface area (Å²) in [6, 6.07) is 3.85. The average Bonchev–Trinajstić information content (AvgIpc) is 2.73. The van der Waals surface area contributed by atoms with Crippen molar-refractivity contribution in [3.8, 4) is 17.2 Å². The van der Waals surface area contributed by atoms with Gasteiger partial charge in [-0.1, -0.05) is 6.42 Å².